The van der Waals surface area contributed by atoms with Crippen molar-refractivity contribution >= 4 is 27.6 Å². The van der Waals surface area contributed by atoms with Gasteiger partial charge in [-0.3, -0.25) is 0 Å². The minimum atomic E-state index is -0.856. The highest BCUT2D eigenvalue weighted by atomic mass is 79.9. The summed E-state index contributed by atoms with van der Waals surface area (Å²) in [5.74, 6) is -0.292. The third-order valence-corrected chi connectivity index (χ3v) is 3.36. The van der Waals surface area contributed by atoms with Crippen LogP contribution in [0.15, 0.2) is 28.7 Å². The molecule has 0 saturated heterocycles. The van der Waals surface area contributed by atoms with Crippen LogP contribution in [0.5, 0.6) is 0 Å². The van der Waals surface area contributed by atoms with E-state index in [4.69, 9.17) is 9.47 Å². The van der Waals surface area contributed by atoms with Gasteiger partial charge in [0.2, 0.25) is 0 Å². The molecular formula is C14H20BrNO3. The van der Waals surface area contributed by atoms with Gasteiger partial charge in [0.05, 0.1) is 13.2 Å². The molecule has 19 heavy (non-hydrogen) atoms. The van der Waals surface area contributed by atoms with Crippen molar-refractivity contribution in [3.05, 3.63) is 28.7 Å². The summed E-state index contributed by atoms with van der Waals surface area (Å²) >= 11 is 3.41. The van der Waals surface area contributed by atoms with Crippen LogP contribution in [0.3, 0.4) is 0 Å². The van der Waals surface area contributed by atoms with E-state index in [0.717, 1.165) is 10.2 Å². The van der Waals surface area contributed by atoms with Crippen molar-refractivity contribution in [2.45, 2.75) is 25.8 Å². The van der Waals surface area contributed by atoms with Crippen LogP contribution in [-0.2, 0) is 14.3 Å². The van der Waals surface area contributed by atoms with E-state index >= 15 is 0 Å². The lowest BCUT2D eigenvalue weighted by Crippen LogP contribution is -2.50. The number of nitrogens with one attached hydrogen (secondary N) is 1. The lowest BCUT2D eigenvalue weighted by Gasteiger charge is -2.31. The molecule has 5 heteroatoms. The Labute approximate surface area is 122 Å². The van der Waals surface area contributed by atoms with Crippen molar-refractivity contribution in [2.75, 3.05) is 25.6 Å². The molecule has 1 aromatic carbocycles. The van der Waals surface area contributed by atoms with E-state index in [1.54, 1.807) is 14.0 Å². The average molecular weight is 330 g/mol. The molecule has 0 aliphatic carbocycles. The highest BCUT2D eigenvalue weighted by Gasteiger charge is 2.38. The summed E-state index contributed by atoms with van der Waals surface area (Å²) in [5, 5.41) is 3.24. The molecule has 0 spiro atoms. The molecule has 0 radical (unpaired) electrons. The SMILES string of the molecule is CCOC(=O)C(CC)(COC)Nc1cccc(Br)c1. The van der Waals surface area contributed by atoms with Gasteiger partial charge >= 0.3 is 5.97 Å². The lowest BCUT2D eigenvalue weighted by molar-refractivity contribution is -0.150. The zero-order valence-electron chi connectivity index (χ0n) is 11.5. The molecule has 0 heterocycles. The molecule has 1 aromatic rings. The third-order valence-electron chi connectivity index (χ3n) is 2.87. The molecule has 0 bridgehead atoms. The molecule has 0 aliphatic rings. The van der Waals surface area contributed by atoms with Gasteiger partial charge < -0.3 is 14.8 Å². The summed E-state index contributed by atoms with van der Waals surface area (Å²) in [4.78, 5) is 12.2. The van der Waals surface area contributed by atoms with E-state index in [9.17, 15) is 4.79 Å². The molecule has 1 unspecified atom stereocenters. The van der Waals surface area contributed by atoms with Gasteiger partial charge in [0.1, 0.15) is 0 Å². The van der Waals surface area contributed by atoms with E-state index < -0.39 is 5.54 Å². The molecule has 1 rings (SSSR count). The van der Waals surface area contributed by atoms with Crippen molar-refractivity contribution < 1.29 is 14.3 Å². The Morgan fingerprint density at radius 1 is 1.42 bits per heavy atom. The number of halogens is 1. The van der Waals surface area contributed by atoms with Crippen molar-refractivity contribution in [3.63, 3.8) is 0 Å². The first-order valence-corrected chi connectivity index (χ1v) is 7.07. The summed E-state index contributed by atoms with van der Waals surface area (Å²) in [7, 11) is 1.58. The third kappa shape index (κ3) is 4.21. The fourth-order valence-electron chi connectivity index (χ4n) is 1.84. The van der Waals surface area contributed by atoms with Gasteiger partial charge in [-0.1, -0.05) is 28.9 Å². The Kier molecular flexibility index (Phi) is 6.31. The van der Waals surface area contributed by atoms with Gasteiger partial charge in [0.25, 0.3) is 0 Å². The van der Waals surface area contributed by atoms with Gasteiger partial charge in [0, 0.05) is 17.3 Å². The van der Waals surface area contributed by atoms with Gasteiger partial charge in [-0.25, -0.2) is 4.79 Å². The predicted molar refractivity (Wildman–Crippen MR) is 79.3 cm³/mol. The Hall–Kier alpha value is -1.07. The first kappa shape index (κ1) is 16.0. The number of carbonyl (C=O) groups excluding carboxylic acids is 1. The Bertz CT molecular complexity index is 425. The van der Waals surface area contributed by atoms with Gasteiger partial charge in [-0.2, -0.15) is 0 Å². The zero-order chi connectivity index (χ0) is 14.3. The fourth-order valence-corrected chi connectivity index (χ4v) is 2.24. The minimum absolute atomic E-state index is 0.259. The largest absolute Gasteiger partial charge is 0.464 e. The molecule has 0 aliphatic heterocycles. The second-order valence-corrected chi connectivity index (χ2v) is 5.14. The number of carbonyl (C=O) groups is 1. The van der Waals surface area contributed by atoms with E-state index in [1.165, 1.54) is 0 Å². The van der Waals surface area contributed by atoms with Crippen molar-refractivity contribution in [3.8, 4) is 0 Å². The maximum absolute atomic E-state index is 12.2. The predicted octanol–water partition coefficient (Wildman–Crippen LogP) is 3.22. The molecule has 0 saturated carbocycles. The molecule has 1 N–H and O–H groups in total. The molecule has 0 aromatic heterocycles. The first-order chi connectivity index (χ1) is 9.07. The highest BCUT2D eigenvalue weighted by Crippen LogP contribution is 2.23. The maximum Gasteiger partial charge on any atom is 0.334 e. The van der Waals surface area contributed by atoms with Gasteiger partial charge in [-0.15, -0.1) is 0 Å². The molecule has 1 atom stereocenters. The van der Waals surface area contributed by atoms with Crippen molar-refractivity contribution in [2.24, 2.45) is 0 Å². The van der Waals surface area contributed by atoms with E-state index in [2.05, 4.69) is 21.2 Å². The number of methoxy groups -OCH3 is 1. The van der Waals surface area contributed by atoms with E-state index in [0.29, 0.717) is 13.0 Å². The van der Waals surface area contributed by atoms with Crippen LogP contribution in [0.25, 0.3) is 0 Å². The molecule has 0 fully saturated rings. The second kappa shape index (κ2) is 7.50. The normalized spacial score (nSPS) is 13.7. The summed E-state index contributed by atoms with van der Waals surface area (Å²) < 4.78 is 11.3. The standard InChI is InChI=1S/C14H20BrNO3/c1-4-14(10-18-3,13(17)19-5-2)16-12-8-6-7-11(15)9-12/h6-9,16H,4-5,10H2,1-3H3. The number of esters is 1. The lowest BCUT2D eigenvalue weighted by atomic mass is 9.96. The van der Waals surface area contributed by atoms with Crippen LogP contribution in [0.4, 0.5) is 5.69 Å². The van der Waals surface area contributed by atoms with Crippen LogP contribution < -0.4 is 5.32 Å². The topological polar surface area (TPSA) is 47.6 Å². The number of rotatable bonds is 7. The van der Waals surface area contributed by atoms with Gasteiger partial charge in [0.15, 0.2) is 5.54 Å². The molecule has 0 amide bonds. The quantitative estimate of drug-likeness (QED) is 0.780. The number of benzene rings is 1. The number of ether oxygens (including phenoxy) is 2. The monoisotopic (exact) mass is 329 g/mol. The Balaban J connectivity index is 2.99. The second-order valence-electron chi connectivity index (χ2n) is 4.22. The molecule has 4 nitrogen and oxygen atoms in total. The number of hydrogen-bond acceptors (Lipinski definition) is 4. The summed E-state index contributed by atoms with van der Waals surface area (Å²) in [6.07, 6.45) is 0.576. The average Bonchev–Trinajstić information content (AvgIpc) is 2.38. The first-order valence-electron chi connectivity index (χ1n) is 6.28. The number of hydrogen-bond donors (Lipinski definition) is 1. The maximum atomic E-state index is 12.2. The van der Waals surface area contributed by atoms with Crippen LogP contribution >= 0.6 is 15.9 Å². The van der Waals surface area contributed by atoms with Crippen LogP contribution in [0, 0.1) is 0 Å². The van der Waals surface area contributed by atoms with Crippen molar-refractivity contribution in [1.29, 1.82) is 0 Å². The minimum Gasteiger partial charge on any atom is -0.464 e. The molecular weight excluding hydrogens is 310 g/mol. The molecule has 106 valence electrons. The van der Waals surface area contributed by atoms with E-state index in [-0.39, 0.29) is 12.6 Å². The Morgan fingerprint density at radius 2 is 2.16 bits per heavy atom. The Morgan fingerprint density at radius 3 is 2.68 bits per heavy atom. The highest BCUT2D eigenvalue weighted by molar-refractivity contribution is 9.10. The van der Waals surface area contributed by atoms with E-state index in [1.807, 2.05) is 31.2 Å². The number of anilines is 1. The zero-order valence-corrected chi connectivity index (χ0v) is 13.1. The summed E-state index contributed by atoms with van der Waals surface area (Å²) in [6, 6.07) is 7.66. The van der Waals surface area contributed by atoms with Crippen molar-refractivity contribution in [1.82, 2.24) is 0 Å². The van der Waals surface area contributed by atoms with Crippen LogP contribution in [-0.4, -0.2) is 31.8 Å². The van der Waals surface area contributed by atoms with Crippen LogP contribution in [0.1, 0.15) is 20.3 Å². The van der Waals surface area contributed by atoms with Crippen LogP contribution in [0.2, 0.25) is 0 Å². The smallest absolute Gasteiger partial charge is 0.334 e. The fraction of sp³-hybridized carbons (Fsp3) is 0.500. The summed E-state index contributed by atoms with van der Waals surface area (Å²) in [5.41, 5.74) is -0.00715. The van der Waals surface area contributed by atoms with Gasteiger partial charge in [-0.05, 0) is 31.5 Å². The summed E-state index contributed by atoms with van der Waals surface area (Å²) in [6.45, 7) is 4.34.